The van der Waals surface area contributed by atoms with Crippen LogP contribution in [-0.4, -0.2) is 21.1 Å². The zero-order valence-corrected chi connectivity index (χ0v) is 16.6. The molecule has 2 heterocycles. The molecule has 0 aliphatic carbocycles. The van der Waals surface area contributed by atoms with E-state index in [2.05, 4.69) is 10.3 Å². The van der Waals surface area contributed by atoms with Gasteiger partial charge in [0.15, 0.2) is 10.7 Å². The number of carbonyl (C=O) groups excluding carboxylic acids is 2. The molecule has 1 N–H and O–H groups in total. The molecule has 0 unspecified atom stereocenters. The number of nitrogens with one attached hydrogen (secondary N) is 1. The number of nitrogens with zero attached hydrogens (tertiary/aromatic N) is 2. The van der Waals surface area contributed by atoms with Gasteiger partial charge in [0, 0.05) is 39.1 Å². The molecule has 1 amide bonds. The smallest absolute Gasteiger partial charge is 0.230 e. The highest BCUT2D eigenvalue weighted by Crippen LogP contribution is 2.25. The molecule has 28 heavy (non-hydrogen) atoms. The Bertz CT molecular complexity index is 1180. The van der Waals surface area contributed by atoms with E-state index in [4.69, 9.17) is 11.6 Å². The molecule has 0 saturated heterocycles. The van der Waals surface area contributed by atoms with Gasteiger partial charge in [0.25, 0.3) is 0 Å². The van der Waals surface area contributed by atoms with Gasteiger partial charge >= 0.3 is 0 Å². The summed E-state index contributed by atoms with van der Waals surface area (Å²) in [6, 6.07) is 14.4. The second-order valence-electron chi connectivity index (χ2n) is 6.37. The van der Waals surface area contributed by atoms with Gasteiger partial charge in [-0.1, -0.05) is 35.9 Å². The number of fused-ring (bicyclic) bond motifs is 1. The van der Waals surface area contributed by atoms with Crippen molar-refractivity contribution in [3.05, 3.63) is 76.4 Å². The third-order valence-corrected chi connectivity index (χ3v) is 5.46. The topological polar surface area (TPSA) is 63.5 Å². The summed E-state index contributed by atoms with van der Waals surface area (Å²) in [5.41, 5.74) is 3.83. The Hall–Kier alpha value is -2.96. The number of aromatic nitrogens is 2. The van der Waals surface area contributed by atoms with Crippen molar-refractivity contribution in [3.63, 3.8) is 0 Å². The van der Waals surface area contributed by atoms with E-state index in [0.717, 1.165) is 21.9 Å². The standard InChI is InChI=1S/C21H16ClN3O2S/c1-13(26)15-3-2-4-17(9-15)23-20(27)10-18-12-28-21-24-19(11-25(18)21)14-5-7-16(22)8-6-14/h2-9,11-12H,10H2,1H3,(H,23,27). The van der Waals surface area contributed by atoms with Gasteiger partial charge in [-0.3, -0.25) is 14.0 Å². The Morgan fingerprint density at radius 3 is 2.71 bits per heavy atom. The van der Waals surface area contributed by atoms with E-state index in [9.17, 15) is 9.59 Å². The third kappa shape index (κ3) is 3.83. The van der Waals surface area contributed by atoms with Gasteiger partial charge in [0.2, 0.25) is 5.91 Å². The van der Waals surface area contributed by atoms with Crippen molar-refractivity contribution >= 4 is 45.3 Å². The molecule has 0 atom stereocenters. The Balaban J connectivity index is 1.53. The summed E-state index contributed by atoms with van der Waals surface area (Å²) in [7, 11) is 0. The molecule has 7 heteroatoms. The summed E-state index contributed by atoms with van der Waals surface area (Å²) >= 11 is 7.43. The lowest BCUT2D eigenvalue weighted by Crippen LogP contribution is -2.15. The summed E-state index contributed by atoms with van der Waals surface area (Å²) < 4.78 is 1.93. The van der Waals surface area contributed by atoms with Crippen LogP contribution in [0.1, 0.15) is 23.0 Å². The van der Waals surface area contributed by atoms with Crippen LogP contribution in [0.4, 0.5) is 5.69 Å². The van der Waals surface area contributed by atoms with E-state index >= 15 is 0 Å². The molecule has 5 nitrogen and oxygen atoms in total. The number of ketones is 1. The summed E-state index contributed by atoms with van der Waals surface area (Å²) in [5.74, 6) is -0.189. The van der Waals surface area contributed by atoms with Crippen LogP contribution >= 0.6 is 22.9 Å². The van der Waals surface area contributed by atoms with Crippen molar-refractivity contribution in [1.82, 2.24) is 9.38 Å². The van der Waals surface area contributed by atoms with Crippen molar-refractivity contribution in [3.8, 4) is 11.3 Å². The normalized spacial score (nSPS) is 10.9. The van der Waals surface area contributed by atoms with Crippen molar-refractivity contribution in [2.45, 2.75) is 13.3 Å². The molecular formula is C21H16ClN3O2S. The molecule has 4 aromatic rings. The van der Waals surface area contributed by atoms with Crippen molar-refractivity contribution in [2.75, 3.05) is 5.32 Å². The third-order valence-electron chi connectivity index (χ3n) is 4.32. The first-order valence-corrected chi connectivity index (χ1v) is 9.87. The van der Waals surface area contributed by atoms with Gasteiger partial charge in [0.1, 0.15) is 0 Å². The highest BCUT2D eigenvalue weighted by Gasteiger charge is 2.13. The first kappa shape index (κ1) is 18.4. The highest BCUT2D eigenvalue weighted by atomic mass is 35.5. The second kappa shape index (κ2) is 7.58. The number of carbonyl (C=O) groups is 2. The van der Waals surface area contributed by atoms with Crippen LogP contribution in [0.2, 0.25) is 5.02 Å². The molecular weight excluding hydrogens is 394 g/mol. The predicted octanol–water partition coefficient (Wildman–Crippen LogP) is 5.10. The van der Waals surface area contributed by atoms with E-state index in [1.165, 1.54) is 18.3 Å². The highest BCUT2D eigenvalue weighted by molar-refractivity contribution is 7.15. The van der Waals surface area contributed by atoms with Crippen LogP contribution < -0.4 is 5.32 Å². The van der Waals surface area contributed by atoms with Crippen molar-refractivity contribution < 1.29 is 9.59 Å². The maximum Gasteiger partial charge on any atom is 0.230 e. The minimum atomic E-state index is -0.151. The van der Waals surface area contributed by atoms with Crippen LogP contribution in [0.25, 0.3) is 16.2 Å². The van der Waals surface area contributed by atoms with Gasteiger partial charge in [-0.05, 0) is 31.2 Å². The lowest BCUT2D eigenvalue weighted by molar-refractivity contribution is -0.115. The molecule has 4 rings (SSSR count). The van der Waals surface area contributed by atoms with E-state index < -0.39 is 0 Å². The number of halogens is 1. The number of benzene rings is 2. The van der Waals surface area contributed by atoms with Crippen LogP contribution in [0, 0.1) is 0 Å². The fourth-order valence-electron chi connectivity index (χ4n) is 2.90. The monoisotopic (exact) mass is 409 g/mol. The lowest BCUT2D eigenvalue weighted by atomic mass is 10.1. The van der Waals surface area contributed by atoms with Gasteiger partial charge in [0.05, 0.1) is 12.1 Å². The Kier molecular flexibility index (Phi) is 4.98. The summed E-state index contributed by atoms with van der Waals surface area (Å²) in [5, 5.41) is 5.46. The van der Waals surface area contributed by atoms with Crippen LogP contribution in [-0.2, 0) is 11.2 Å². The van der Waals surface area contributed by atoms with Crippen LogP contribution in [0.3, 0.4) is 0 Å². The van der Waals surface area contributed by atoms with E-state index in [1.54, 1.807) is 24.3 Å². The van der Waals surface area contributed by atoms with E-state index in [-0.39, 0.29) is 18.1 Å². The molecule has 0 fully saturated rings. The Labute approximate surface area is 170 Å². The number of amides is 1. The zero-order chi connectivity index (χ0) is 19.7. The minimum Gasteiger partial charge on any atom is -0.326 e. The summed E-state index contributed by atoms with van der Waals surface area (Å²) in [6.07, 6.45) is 2.13. The average Bonchev–Trinajstić information content (AvgIpc) is 3.24. The summed E-state index contributed by atoms with van der Waals surface area (Å²) in [4.78, 5) is 29.4. The van der Waals surface area contributed by atoms with Crippen molar-refractivity contribution in [1.29, 1.82) is 0 Å². The fourth-order valence-corrected chi connectivity index (χ4v) is 3.90. The molecule has 0 saturated carbocycles. The van der Waals surface area contributed by atoms with E-state index in [1.807, 2.05) is 40.2 Å². The van der Waals surface area contributed by atoms with E-state index in [0.29, 0.717) is 16.3 Å². The molecule has 140 valence electrons. The zero-order valence-electron chi connectivity index (χ0n) is 15.0. The molecule has 0 aliphatic rings. The second-order valence-corrected chi connectivity index (χ2v) is 7.65. The Morgan fingerprint density at radius 1 is 1.18 bits per heavy atom. The minimum absolute atomic E-state index is 0.0382. The number of hydrogen-bond acceptors (Lipinski definition) is 4. The number of imidazole rings is 1. The lowest BCUT2D eigenvalue weighted by Gasteiger charge is -2.06. The molecule has 0 bridgehead atoms. The first-order chi connectivity index (χ1) is 13.5. The van der Waals surface area contributed by atoms with Crippen LogP contribution in [0.5, 0.6) is 0 Å². The molecule has 2 aromatic heterocycles. The van der Waals surface area contributed by atoms with Gasteiger partial charge < -0.3 is 5.32 Å². The average molecular weight is 410 g/mol. The number of rotatable bonds is 5. The number of anilines is 1. The Morgan fingerprint density at radius 2 is 1.96 bits per heavy atom. The van der Waals surface area contributed by atoms with Crippen molar-refractivity contribution in [2.24, 2.45) is 0 Å². The molecule has 2 aromatic carbocycles. The molecule has 0 radical (unpaired) electrons. The quantitative estimate of drug-likeness (QED) is 0.466. The summed E-state index contributed by atoms with van der Waals surface area (Å²) in [6.45, 7) is 1.50. The van der Waals surface area contributed by atoms with Gasteiger partial charge in [-0.25, -0.2) is 4.98 Å². The number of Topliss-reactive ketones (excluding diaryl/α,β-unsaturated/α-hetero) is 1. The molecule has 0 spiro atoms. The van der Waals surface area contributed by atoms with Gasteiger partial charge in [-0.15, -0.1) is 11.3 Å². The largest absolute Gasteiger partial charge is 0.326 e. The van der Waals surface area contributed by atoms with Gasteiger partial charge in [-0.2, -0.15) is 0 Å². The predicted molar refractivity (Wildman–Crippen MR) is 112 cm³/mol. The first-order valence-electron chi connectivity index (χ1n) is 8.62. The maximum atomic E-state index is 12.5. The maximum absolute atomic E-state index is 12.5. The number of hydrogen-bond donors (Lipinski definition) is 1. The fraction of sp³-hybridized carbons (Fsp3) is 0.0952. The SMILES string of the molecule is CC(=O)c1cccc(NC(=O)Cc2csc3nc(-c4ccc(Cl)cc4)cn23)c1. The number of thiazole rings is 1. The van der Waals surface area contributed by atoms with Crippen LogP contribution in [0.15, 0.2) is 60.1 Å². The molecule has 0 aliphatic heterocycles.